The van der Waals surface area contributed by atoms with Gasteiger partial charge in [-0.1, -0.05) is 29.8 Å². The Balaban J connectivity index is 1.48. The van der Waals surface area contributed by atoms with E-state index >= 15 is 0 Å². The van der Waals surface area contributed by atoms with Gasteiger partial charge in [-0.25, -0.2) is 0 Å². The minimum atomic E-state index is 0.187. The van der Waals surface area contributed by atoms with E-state index in [0.717, 1.165) is 49.0 Å². The average Bonchev–Trinajstić information content (AvgIpc) is 2.59. The lowest BCUT2D eigenvalue weighted by Gasteiger charge is -2.34. The fraction of sp³-hybridized carbons (Fsp3) is 0.368. The molecule has 1 aromatic heterocycles. The summed E-state index contributed by atoms with van der Waals surface area (Å²) in [6.07, 6.45) is 2.23. The van der Waals surface area contributed by atoms with Gasteiger partial charge in [0.1, 0.15) is 0 Å². The molecule has 126 valence electrons. The lowest BCUT2D eigenvalue weighted by atomic mass is 10.1. The van der Waals surface area contributed by atoms with E-state index in [0.29, 0.717) is 6.42 Å². The first-order valence-electron chi connectivity index (χ1n) is 8.26. The van der Waals surface area contributed by atoms with Crippen molar-refractivity contribution in [2.24, 2.45) is 0 Å². The number of pyridine rings is 1. The highest BCUT2D eigenvalue weighted by Gasteiger charge is 2.21. The highest BCUT2D eigenvalue weighted by Crippen LogP contribution is 2.13. The molecule has 1 aliphatic heterocycles. The molecule has 24 heavy (non-hydrogen) atoms. The Morgan fingerprint density at radius 3 is 2.33 bits per heavy atom. The molecule has 1 fully saturated rings. The molecule has 0 radical (unpaired) electrons. The molecule has 2 aromatic rings. The Hall–Kier alpha value is -1.91. The third-order valence-corrected chi connectivity index (χ3v) is 4.62. The number of nitrogens with zero attached hydrogens (tertiary/aromatic N) is 3. The quantitative estimate of drug-likeness (QED) is 0.856. The fourth-order valence-corrected chi connectivity index (χ4v) is 3.02. The van der Waals surface area contributed by atoms with E-state index in [-0.39, 0.29) is 5.91 Å². The Labute approximate surface area is 148 Å². The molecule has 0 saturated carbocycles. The number of hydrogen-bond acceptors (Lipinski definition) is 3. The van der Waals surface area contributed by atoms with Crippen LogP contribution in [0.1, 0.15) is 16.8 Å². The minimum absolute atomic E-state index is 0.187. The number of benzene rings is 1. The third-order valence-electron chi connectivity index (χ3n) is 4.37. The SMILES string of the molecule is Cc1ccc(CC(=O)N2CCN(Cc3ccc(Cl)cc3)CC2)cn1. The molecular weight excluding hydrogens is 322 g/mol. The van der Waals surface area contributed by atoms with Crippen LogP contribution >= 0.6 is 11.6 Å². The smallest absolute Gasteiger partial charge is 0.227 e. The summed E-state index contributed by atoms with van der Waals surface area (Å²) in [6, 6.07) is 11.9. The fourth-order valence-electron chi connectivity index (χ4n) is 2.89. The second-order valence-corrected chi connectivity index (χ2v) is 6.70. The number of hydrogen-bond donors (Lipinski definition) is 0. The molecule has 1 aliphatic rings. The van der Waals surface area contributed by atoms with Gasteiger partial charge >= 0.3 is 0 Å². The largest absolute Gasteiger partial charge is 0.340 e. The Morgan fingerprint density at radius 1 is 1.04 bits per heavy atom. The van der Waals surface area contributed by atoms with Crippen LogP contribution in [-0.2, 0) is 17.8 Å². The summed E-state index contributed by atoms with van der Waals surface area (Å²) in [5.41, 5.74) is 3.21. The standard InChI is InChI=1S/C19H22ClN3O/c1-15-2-3-17(13-21-15)12-19(24)23-10-8-22(9-11-23)14-16-4-6-18(20)7-5-16/h2-7,13H,8-12,14H2,1H3. The number of aryl methyl sites for hydroxylation is 1. The number of aromatic nitrogens is 1. The average molecular weight is 344 g/mol. The zero-order valence-corrected chi connectivity index (χ0v) is 14.7. The van der Waals surface area contributed by atoms with Crippen molar-refractivity contribution in [3.8, 4) is 0 Å². The summed E-state index contributed by atoms with van der Waals surface area (Å²) in [5.74, 6) is 0.187. The topological polar surface area (TPSA) is 36.4 Å². The van der Waals surface area contributed by atoms with Crippen LogP contribution in [0.3, 0.4) is 0 Å². The van der Waals surface area contributed by atoms with Crippen molar-refractivity contribution in [1.82, 2.24) is 14.8 Å². The van der Waals surface area contributed by atoms with Gasteiger partial charge in [0.05, 0.1) is 6.42 Å². The van der Waals surface area contributed by atoms with E-state index in [2.05, 4.69) is 22.0 Å². The number of carbonyl (C=O) groups excluding carboxylic acids is 1. The summed E-state index contributed by atoms with van der Waals surface area (Å²) in [5, 5.41) is 0.764. The van der Waals surface area contributed by atoms with Crippen molar-refractivity contribution in [3.63, 3.8) is 0 Å². The summed E-state index contributed by atoms with van der Waals surface area (Å²) >= 11 is 5.92. The predicted molar refractivity (Wildman–Crippen MR) is 96.0 cm³/mol. The number of amides is 1. The van der Waals surface area contributed by atoms with Gasteiger partial charge in [0.2, 0.25) is 5.91 Å². The molecule has 1 amide bonds. The first-order chi connectivity index (χ1) is 11.6. The van der Waals surface area contributed by atoms with E-state index < -0.39 is 0 Å². The molecule has 1 saturated heterocycles. The summed E-state index contributed by atoms with van der Waals surface area (Å²) in [7, 11) is 0. The summed E-state index contributed by atoms with van der Waals surface area (Å²) in [4.78, 5) is 21.0. The van der Waals surface area contributed by atoms with Crippen molar-refractivity contribution in [2.75, 3.05) is 26.2 Å². The number of rotatable bonds is 4. The van der Waals surface area contributed by atoms with Crippen molar-refractivity contribution in [2.45, 2.75) is 19.9 Å². The first kappa shape index (κ1) is 16.9. The maximum atomic E-state index is 12.4. The van der Waals surface area contributed by atoms with Gasteiger partial charge in [0, 0.05) is 49.6 Å². The lowest BCUT2D eigenvalue weighted by molar-refractivity contribution is -0.132. The Kier molecular flexibility index (Phi) is 5.48. The van der Waals surface area contributed by atoms with Crippen molar-refractivity contribution >= 4 is 17.5 Å². The second kappa shape index (κ2) is 7.77. The maximum absolute atomic E-state index is 12.4. The monoisotopic (exact) mass is 343 g/mol. The Bertz CT molecular complexity index is 677. The summed E-state index contributed by atoms with van der Waals surface area (Å²) in [6.45, 7) is 6.23. The van der Waals surface area contributed by atoms with Crippen LogP contribution < -0.4 is 0 Å². The minimum Gasteiger partial charge on any atom is -0.340 e. The van der Waals surface area contributed by atoms with Crippen molar-refractivity contribution in [3.05, 3.63) is 64.4 Å². The lowest BCUT2D eigenvalue weighted by Crippen LogP contribution is -2.48. The number of halogens is 1. The molecule has 0 unspecified atom stereocenters. The van der Waals surface area contributed by atoms with Gasteiger partial charge in [0.15, 0.2) is 0 Å². The molecule has 2 heterocycles. The van der Waals surface area contributed by atoms with Gasteiger partial charge in [-0.2, -0.15) is 0 Å². The van der Waals surface area contributed by atoms with E-state index in [1.807, 2.05) is 36.1 Å². The van der Waals surface area contributed by atoms with Crippen LogP contribution in [0.2, 0.25) is 5.02 Å². The summed E-state index contributed by atoms with van der Waals surface area (Å²) < 4.78 is 0. The molecule has 5 heteroatoms. The third kappa shape index (κ3) is 4.56. The van der Waals surface area contributed by atoms with Crippen LogP contribution in [0.15, 0.2) is 42.6 Å². The molecule has 0 bridgehead atoms. The predicted octanol–water partition coefficient (Wildman–Crippen LogP) is 2.93. The van der Waals surface area contributed by atoms with E-state index in [1.54, 1.807) is 6.20 Å². The van der Waals surface area contributed by atoms with Crippen LogP contribution in [0.4, 0.5) is 0 Å². The van der Waals surface area contributed by atoms with Crippen molar-refractivity contribution < 1.29 is 4.79 Å². The Morgan fingerprint density at radius 2 is 1.71 bits per heavy atom. The van der Waals surface area contributed by atoms with Crippen molar-refractivity contribution in [1.29, 1.82) is 0 Å². The number of piperazine rings is 1. The van der Waals surface area contributed by atoms with Crippen LogP contribution in [0, 0.1) is 6.92 Å². The second-order valence-electron chi connectivity index (χ2n) is 6.27. The molecule has 1 aromatic carbocycles. The number of carbonyl (C=O) groups is 1. The molecule has 3 rings (SSSR count). The van der Waals surface area contributed by atoms with Gasteiger partial charge in [-0.15, -0.1) is 0 Å². The highest BCUT2D eigenvalue weighted by atomic mass is 35.5. The maximum Gasteiger partial charge on any atom is 0.227 e. The van der Waals surface area contributed by atoms with Crippen LogP contribution in [0.5, 0.6) is 0 Å². The molecular formula is C19H22ClN3O. The van der Waals surface area contributed by atoms with Crippen LogP contribution in [0.25, 0.3) is 0 Å². The molecule has 4 nitrogen and oxygen atoms in total. The van der Waals surface area contributed by atoms with Gasteiger partial charge in [-0.3, -0.25) is 14.7 Å². The van der Waals surface area contributed by atoms with E-state index in [4.69, 9.17) is 11.6 Å². The molecule has 0 N–H and O–H groups in total. The molecule has 0 spiro atoms. The highest BCUT2D eigenvalue weighted by molar-refractivity contribution is 6.30. The van der Waals surface area contributed by atoms with Crippen LogP contribution in [-0.4, -0.2) is 46.9 Å². The zero-order valence-electron chi connectivity index (χ0n) is 13.9. The van der Waals surface area contributed by atoms with E-state index in [9.17, 15) is 4.79 Å². The van der Waals surface area contributed by atoms with Gasteiger partial charge in [0.25, 0.3) is 0 Å². The van der Waals surface area contributed by atoms with Gasteiger partial charge in [-0.05, 0) is 36.2 Å². The van der Waals surface area contributed by atoms with E-state index in [1.165, 1.54) is 5.56 Å². The molecule has 0 atom stereocenters. The normalized spacial score (nSPS) is 15.5. The van der Waals surface area contributed by atoms with Gasteiger partial charge < -0.3 is 4.90 Å². The zero-order chi connectivity index (χ0) is 16.9. The molecule has 0 aliphatic carbocycles. The first-order valence-corrected chi connectivity index (χ1v) is 8.64.